The molecule has 2 atom stereocenters. The Morgan fingerprint density at radius 3 is 1.64 bits per heavy atom. The van der Waals surface area contributed by atoms with Crippen LogP contribution in [0.1, 0.15) is 36.3 Å². The molecule has 164 valence electrons. The lowest BCUT2D eigenvalue weighted by molar-refractivity contribution is 0.549. The zero-order chi connectivity index (χ0) is 22.5. The van der Waals surface area contributed by atoms with Gasteiger partial charge in [0.05, 0.1) is 0 Å². The number of hydrogen-bond donors (Lipinski definition) is 0. The summed E-state index contributed by atoms with van der Waals surface area (Å²) in [6.07, 6.45) is 5.10. The van der Waals surface area contributed by atoms with Gasteiger partial charge in [-0.3, -0.25) is 0 Å². The lowest BCUT2D eigenvalue weighted by atomic mass is 9.87. The van der Waals surface area contributed by atoms with E-state index in [-0.39, 0.29) is 11.6 Å². The minimum absolute atomic E-state index is 0.0298. The average Bonchev–Trinajstić information content (AvgIpc) is 3.14. The van der Waals surface area contributed by atoms with E-state index >= 15 is 4.57 Å². The summed E-state index contributed by atoms with van der Waals surface area (Å²) >= 11 is 0. The van der Waals surface area contributed by atoms with E-state index in [9.17, 15) is 0 Å². The Hall–Kier alpha value is -3.15. The minimum atomic E-state index is -2.90. The van der Waals surface area contributed by atoms with Gasteiger partial charge in [0, 0.05) is 16.3 Å². The van der Waals surface area contributed by atoms with E-state index in [2.05, 4.69) is 91.0 Å². The minimum Gasteiger partial charge on any atom is -0.313 e. The van der Waals surface area contributed by atoms with Crippen molar-refractivity contribution in [1.82, 2.24) is 0 Å². The molecule has 1 nitrogen and oxygen atoms in total. The SMILES string of the molecule is O=P(c1ccccc1)(c1ccccc1)C1CCC=C(c2ccccc2)CC1c1ccccc1. The van der Waals surface area contributed by atoms with E-state index in [0.717, 1.165) is 29.9 Å². The predicted molar refractivity (Wildman–Crippen MR) is 141 cm³/mol. The highest BCUT2D eigenvalue weighted by Gasteiger charge is 2.42. The normalized spacial score (nSPS) is 18.8. The molecule has 0 aliphatic heterocycles. The third-order valence-electron chi connectivity index (χ3n) is 6.88. The summed E-state index contributed by atoms with van der Waals surface area (Å²) in [6, 6.07) is 41.7. The lowest BCUT2D eigenvalue weighted by Gasteiger charge is -2.34. The van der Waals surface area contributed by atoms with Crippen molar-refractivity contribution in [2.45, 2.75) is 30.8 Å². The third kappa shape index (κ3) is 4.39. The third-order valence-corrected chi connectivity index (χ3v) is 10.6. The number of rotatable bonds is 5. The molecule has 0 saturated carbocycles. The van der Waals surface area contributed by atoms with Crippen LogP contribution in [0.4, 0.5) is 0 Å². The first-order valence-corrected chi connectivity index (χ1v) is 13.5. The molecule has 0 radical (unpaired) electrons. The van der Waals surface area contributed by atoms with Crippen LogP contribution in [0.3, 0.4) is 0 Å². The lowest BCUT2D eigenvalue weighted by Crippen LogP contribution is -2.30. The van der Waals surface area contributed by atoms with E-state index in [1.54, 1.807) is 0 Å². The first kappa shape index (κ1) is 21.7. The van der Waals surface area contributed by atoms with Gasteiger partial charge in [0.15, 0.2) is 0 Å². The standard InChI is InChI=1S/C31H29OP/c32-33(28-19-9-3-10-20-28,29-21-11-4-12-22-29)31-23-13-18-27(25-14-5-1-6-15-25)24-30(31)26-16-7-2-8-17-26/h1-12,14-22,30-31H,13,23-24H2. The summed E-state index contributed by atoms with van der Waals surface area (Å²) in [4.78, 5) is 0. The Kier molecular flexibility index (Phi) is 6.42. The molecule has 2 heteroatoms. The molecular weight excluding hydrogens is 419 g/mol. The molecule has 33 heavy (non-hydrogen) atoms. The van der Waals surface area contributed by atoms with Crippen molar-refractivity contribution in [2.24, 2.45) is 0 Å². The molecule has 5 rings (SSSR count). The van der Waals surface area contributed by atoms with E-state index < -0.39 is 7.14 Å². The Balaban J connectivity index is 1.66. The van der Waals surface area contributed by atoms with Gasteiger partial charge in [-0.2, -0.15) is 0 Å². The van der Waals surface area contributed by atoms with Crippen LogP contribution in [0.25, 0.3) is 5.57 Å². The molecule has 4 aromatic rings. The van der Waals surface area contributed by atoms with E-state index in [4.69, 9.17) is 0 Å². The van der Waals surface area contributed by atoms with Crippen molar-refractivity contribution < 1.29 is 4.57 Å². The maximum atomic E-state index is 15.3. The fourth-order valence-corrected chi connectivity index (χ4v) is 8.87. The molecule has 1 aliphatic carbocycles. The van der Waals surface area contributed by atoms with Gasteiger partial charge < -0.3 is 4.57 Å². The van der Waals surface area contributed by atoms with Gasteiger partial charge in [0.2, 0.25) is 0 Å². The van der Waals surface area contributed by atoms with Gasteiger partial charge in [-0.15, -0.1) is 0 Å². The summed E-state index contributed by atoms with van der Waals surface area (Å²) in [7, 11) is -2.90. The topological polar surface area (TPSA) is 17.1 Å². The molecule has 1 aliphatic rings. The molecule has 0 N–H and O–H groups in total. The molecule has 4 aromatic carbocycles. The fraction of sp³-hybridized carbons (Fsp3) is 0.161. The summed E-state index contributed by atoms with van der Waals surface area (Å²) in [6.45, 7) is 0. The molecule has 0 aromatic heterocycles. The van der Waals surface area contributed by atoms with Gasteiger partial charge in [0.1, 0.15) is 7.14 Å². The van der Waals surface area contributed by atoms with Crippen molar-refractivity contribution in [3.8, 4) is 0 Å². The molecule has 0 spiro atoms. The fourth-order valence-electron chi connectivity index (χ4n) is 5.28. The Bertz CT molecular complexity index is 1200. The monoisotopic (exact) mass is 448 g/mol. The van der Waals surface area contributed by atoms with Gasteiger partial charge in [0.25, 0.3) is 0 Å². The van der Waals surface area contributed by atoms with E-state index in [0.29, 0.717) is 0 Å². The van der Waals surface area contributed by atoms with Gasteiger partial charge in [-0.05, 0) is 41.9 Å². The van der Waals surface area contributed by atoms with E-state index in [1.165, 1.54) is 16.7 Å². The van der Waals surface area contributed by atoms with Crippen LogP contribution in [0.15, 0.2) is 127 Å². The number of allylic oxidation sites excluding steroid dienone is 2. The number of benzene rings is 4. The van der Waals surface area contributed by atoms with Crippen LogP contribution >= 0.6 is 7.14 Å². The predicted octanol–water partition coefficient (Wildman–Crippen LogP) is 7.42. The summed E-state index contributed by atoms with van der Waals surface area (Å²) < 4.78 is 15.3. The molecule has 0 fully saturated rings. The number of hydrogen-bond acceptors (Lipinski definition) is 1. The van der Waals surface area contributed by atoms with Crippen LogP contribution in [0, 0.1) is 0 Å². The molecule has 0 bridgehead atoms. The second-order valence-corrected chi connectivity index (χ2v) is 11.8. The Morgan fingerprint density at radius 2 is 1.09 bits per heavy atom. The Morgan fingerprint density at radius 1 is 0.606 bits per heavy atom. The van der Waals surface area contributed by atoms with Crippen LogP contribution < -0.4 is 10.6 Å². The molecular formula is C31H29OP. The highest BCUT2D eigenvalue weighted by Crippen LogP contribution is 2.58. The first-order chi connectivity index (χ1) is 16.3. The zero-order valence-electron chi connectivity index (χ0n) is 18.8. The largest absolute Gasteiger partial charge is 0.313 e. The highest BCUT2D eigenvalue weighted by molar-refractivity contribution is 7.79. The first-order valence-electron chi connectivity index (χ1n) is 11.8. The average molecular weight is 449 g/mol. The van der Waals surface area contributed by atoms with Crippen LogP contribution in [0.5, 0.6) is 0 Å². The second kappa shape index (κ2) is 9.77. The molecule has 2 unspecified atom stereocenters. The van der Waals surface area contributed by atoms with Gasteiger partial charge in [-0.1, -0.05) is 127 Å². The molecule has 0 saturated heterocycles. The van der Waals surface area contributed by atoms with Crippen LogP contribution in [-0.4, -0.2) is 5.66 Å². The maximum absolute atomic E-state index is 15.3. The van der Waals surface area contributed by atoms with E-state index in [1.807, 2.05) is 36.4 Å². The summed E-state index contributed by atoms with van der Waals surface area (Å²) in [5.41, 5.74) is 3.94. The van der Waals surface area contributed by atoms with Crippen molar-refractivity contribution in [2.75, 3.05) is 0 Å². The van der Waals surface area contributed by atoms with Gasteiger partial charge >= 0.3 is 0 Å². The molecule has 0 amide bonds. The summed E-state index contributed by atoms with van der Waals surface area (Å²) in [5, 5.41) is 1.93. The second-order valence-electron chi connectivity index (χ2n) is 8.79. The molecule has 0 heterocycles. The van der Waals surface area contributed by atoms with Crippen LogP contribution in [0.2, 0.25) is 0 Å². The van der Waals surface area contributed by atoms with Crippen LogP contribution in [-0.2, 0) is 4.57 Å². The van der Waals surface area contributed by atoms with Gasteiger partial charge in [-0.25, -0.2) is 0 Å². The van der Waals surface area contributed by atoms with Crippen molar-refractivity contribution in [3.63, 3.8) is 0 Å². The smallest absolute Gasteiger partial charge is 0.146 e. The summed E-state index contributed by atoms with van der Waals surface area (Å²) in [5.74, 6) is 0.173. The van der Waals surface area contributed by atoms with Crippen molar-refractivity contribution >= 4 is 23.3 Å². The quantitative estimate of drug-likeness (QED) is 0.290. The zero-order valence-corrected chi connectivity index (χ0v) is 19.7. The Labute approximate surface area is 197 Å². The highest BCUT2D eigenvalue weighted by atomic mass is 31.2. The maximum Gasteiger partial charge on any atom is 0.146 e. The van der Waals surface area contributed by atoms with Crippen molar-refractivity contribution in [1.29, 1.82) is 0 Å². The van der Waals surface area contributed by atoms with Crippen molar-refractivity contribution in [3.05, 3.63) is 139 Å².